The molecule has 0 saturated heterocycles. The van der Waals surface area contributed by atoms with Crippen LogP contribution in [0, 0.1) is 6.92 Å². The maximum absolute atomic E-state index is 12.4. The standard InChI is InChI=1S/C22H26N2O3/c1-4-5-14-22(21(25)26)20(17-8-12-19(27-3)13-9-17)24(15-23-22)18-10-6-16(2)7-11-18/h6-13,15,20H,4-5,14H2,1-3H3,(H,25,26). The van der Waals surface area contributed by atoms with Crippen LogP contribution in [0.25, 0.3) is 0 Å². The minimum atomic E-state index is -1.20. The van der Waals surface area contributed by atoms with E-state index in [0.717, 1.165) is 35.4 Å². The highest BCUT2D eigenvalue weighted by molar-refractivity contribution is 5.93. The topological polar surface area (TPSA) is 62.1 Å². The molecule has 5 nitrogen and oxygen atoms in total. The van der Waals surface area contributed by atoms with E-state index in [4.69, 9.17) is 4.74 Å². The zero-order valence-corrected chi connectivity index (χ0v) is 16.1. The Balaban J connectivity index is 2.09. The summed E-state index contributed by atoms with van der Waals surface area (Å²) in [7, 11) is 1.62. The van der Waals surface area contributed by atoms with Crippen LogP contribution in [0.3, 0.4) is 0 Å². The first kappa shape index (κ1) is 19.0. The maximum Gasteiger partial charge on any atom is 0.334 e. The largest absolute Gasteiger partial charge is 0.497 e. The second kappa shape index (κ2) is 7.82. The van der Waals surface area contributed by atoms with Crippen LogP contribution < -0.4 is 9.64 Å². The predicted octanol–water partition coefficient (Wildman–Crippen LogP) is 4.61. The van der Waals surface area contributed by atoms with Crippen molar-refractivity contribution in [2.24, 2.45) is 4.99 Å². The van der Waals surface area contributed by atoms with Crippen LogP contribution in [0.5, 0.6) is 5.75 Å². The first-order chi connectivity index (χ1) is 13.0. The average molecular weight is 366 g/mol. The van der Waals surface area contributed by atoms with Crippen molar-refractivity contribution in [2.75, 3.05) is 12.0 Å². The van der Waals surface area contributed by atoms with Gasteiger partial charge < -0.3 is 14.7 Å². The Labute approximate surface area is 160 Å². The minimum absolute atomic E-state index is 0.407. The molecule has 27 heavy (non-hydrogen) atoms. The van der Waals surface area contributed by atoms with Crippen molar-refractivity contribution in [3.8, 4) is 5.75 Å². The summed E-state index contributed by atoms with van der Waals surface area (Å²) in [6.45, 7) is 4.10. The highest BCUT2D eigenvalue weighted by Gasteiger charge is 2.52. The first-order valence-electron chi connectivity index (χ1n) is 9.29. The Bertz CT molecular complexity index is 814. The van der Waals surface area contributed by atoms with Crippen molar-refractivity contribution in [3.05, 3.63) is 59.7 Å². The van der Waals surface area contributed by atoms with E-state index in [9.17, 15) is 9.90 Å². The van der Waals surface area contributed by atoms with Crippen molar-refractivity contribution in [1.82, 2.24) is 0 Å². The van der Waals surface area contributed by atoms with Gasteiger partial charge in [-0.15, -0.1) is 0 Å². The van der Waals surface area contributed by atoms with E-state index in [2.05, 4.69) is 11.9 Å². The number of anilines is 1. The molecule has 3 rings (SSSR count). The van der Waals surface area contributed by atoms with Gasteiger partial charge in [0.2, 0.25) is 0 Å². The summed E-state index contributed by atoms with van der Waals surface area (Å²) in [5.74, 6) is -0.142. The molecule has 2 aromatic carbocycles. The molecule has 0 fully saturated rings. The van der Waals surface area contributed by atoms with Gasteiger partial charge in [-0.25, -0.2) is 4.79 Å². The number of rotatable bonds is 7. The summed E-state index contributed by atoms with van der Waals surface area (Å²) in [6, 6.07) is 15.3. The lowest BCUT2D eigenvalue weighted by atomic mass is 9.81. The molecule has 1 heterocycles. The number of nitrogens with zero attached hydrogens (tertiary/aromatic N) is 2. The van der Waals surface area contributed by atoms with Crippen LogP contribution in [0.1, 0.15) is 43.4 Å². The molecule has 0 spiro atoms. The lowest BCUT2D eigenvalue weighted by molar-refractivity contribution is -0.144. The number of ether oxygens (including phenoxy) is 1. The monoisotopic (exact) mass is 366 g/mol. The molecule has 5 heteroatoms. The lowest BCUT2D eigenvalue weighted by Crippen LogP contribution is -2.45. The van der Waals surface area contributed by atoms with Gasteiger partial charge in [-0.2, -0.15) is 0 Å². The molecule has 1 aliphatic rings. The number of carboxylic acid groups (broad SMARTS) is 1. The van der Waals surface area contributed by atoms with Crippen LogP contribution in [0.2, 0.25) is 0 Å². The van der Waals surface area contributed by atoms with Crippen LogP contribution in [0.4, 0.5) is 5.69 Å². The van der Waals surface area contributed by atoms with Gasteiger partial charge in [-0.05, 0) is 43.2 Å². The molecule has 142 valence electrons. The average Bonchev–Trinajstić information content (AvgIpc) is 3.08. The van der Waals surface area contributed by atoms with Crippen LogP contribution in [-0.4, -0.2) is 30.1 Å². The van der Waals surface area contributed by atoms with Gasteiger partial charge in [0.15, 0.2) is 5.54 Å². The van der Waals surface area contributed by atoms with Gasteiger partial charge in [-0.3, -0.25) is 4.99 Å². The summed E-state index contributed by atoms with van der Waals surface area (Å²) in [4.78, 5) is 18.9. The van der Waals surface area contributed by atoms with Gasteiger partial charge in [0.1, 0.15) is 5.75 Å². The molecule has 0 aliphatic carbocycles. The van der Waals surface area contributed by atoms with E-state index in [0.29, 0.717) is 6.42 Å². The third-order valence-electron chi connectivity index (χ3n) is 5.19. The zero-order valence-electron chi connectivity index (χ0n) is 16.1. The number of methoxy groups -OCH3 is 1. The molecule has 0 saturated carbocycles. The highest BCUT2D eigenvalue weighted by atomic mass is 16.5. The molecule has 0 bridgehead atoms. The molecule has 2 atom stereocenters. The summed E-state index contributed by atoms with van der Waals surface area (Å²) < 4.78 is 5.26. The Morgan fingerprint density at radius 3 is 2.41 bits per heavy atom. The summed E-state index contributed by atoms with van der Waals surface area (Å²) in [6.07, 6.45) is 3.90. The Kier molecular flexibility index (Phi) is 5.49. The van der Waals surface area contributed by atoms with E-state index < -0.39 is 17.6 Å². The minimum Gasteiger partial charge on any atom is -0.497 e. The molecule has 0 radical (unpaired) electrons. The zero-order chi connectivity index (χ0) is 19.4. The van der Waals surface area contributed by atoms with E-state index in [1.165, 1.54) is 0 Å². The van der Waals surface area contributed by atoms with Gasteiger partial charge in [0.25, 0.3) is 0 Å². The fraction of sp³-hybridized carbons (Fsp3) is 0.364. The molecule has 0 aromatic heterocycles. The second-order valence-corrected chi connectivity index (χ2v) is 7.00. The third-order valence-corrected chi connectivity index (χ3v) is 5.19. The molecular weight excluding hydrogens is 340 g/mol. The molecular formula is C22H26N2O3. The van der Waals surface area contributed by atoms with E-state index >= 15 is 0 Å². The van der Waals surface area contributed by atoms with Crippen molar-refractivity contribution >= 4 is 18.0 Å². The number of benzene rings is 2. The summed E-state index contributed by atoms with van der Waals surface area (Å²) in [5.41, 5.74) is 1.80. The number of carbonyl (C=O) groups is 1. The quantitative estimate of drug-likeness (QED) is 0.777. The SMILES string of the molecule is CCCCC1(C(=O)O)N=CN(c2ccc(C)cc2)C1c1ccc(OC)cc1. The summed E-state index contributed by atoms with van der Waals surface area (Å²) in [5, 5.41) is 10.2. The smallest absolute Gasteiger partial charge is 0.334 e. The normalized spacial score (nSPS) is 21.4. The third kappa shape index (κ3) is 3.54. The second-order valence-electron chi connectivity index (χ2n) is 7.00. The number of hydrogen-bond donors (Lipinski definition) is 1. The number of aliphatic imine (C=N–C) groups is 1. The van der Waals surface area contributed by atoms with E-state index in [1.807, 2.05) is 60.4 Å². The van der Waals surface area contributed by atoms with Crippen molar-refractivity contribution < 1.29 is 14.6 Å². The molecule has 2 unspecified atom stereocenters. The van der Waals surface area contributed by atoms with Crippen molar-refractivity contribution in [2.45, 2.75) is 44.7 Å². The van der Waals surface area contributed by atoms with Gasteiger partial charge in [0.05, 0.1) is 19.5 Å². The van der Waals surface area contributed by atoms with Crippen LogP contribution in [0.15, 0.2) is 53.5 Å². The lowest BCUT2D eigenvalue weighted by Gasteiger charge is -2.35. The van der Waals surface area contributed by atoms with Crippen LogP contribution in [-0.2, 0) is 4.79 Å². The van der Waals surface area contributed by atoms with Gasteiger partial charge in [0, 0.05) is 5.69 Å². The number of aryl methyl sites for hydroxylation is 1. The van der Waals surface area contributed by atoms with E-state index in [1.54, 1.807) is 13.4 Å². The highest BCUT2D eigenvalue weighted by Crippen LogP contribution is 2.44. The van der Waals surface area contributed by atoms with Crippen molar-refractivity contribution in [1.29, 1.82) is 0 Å². The van der Waals surface area contributed by atoms with Gasteiger partial charge >= 0.3 is 5.97 Å². The Hall–Kier alpha value is -2.82. The number of unbranched alkanes of at least 4 members (excludes halogenated alkanes) is 1. The summed E-state index contributed by atoms with van der Waals surface area (Å²) >= 11 is 0. The fourth-order valence-corrected chi connectivity index (χ4v) is 3.61. The van der Waals surface area contributed by atoms with Gasteiger partial charge in [-0.1, -0.05) is 49.6 Å². The Morgan fingerprint density at radius 2 is 1.85 bits per heavy atom. The number of carboxylic acids is 1. The molecule has 1 N–H and O–H groups in total. The molecule has 1 aliphatic heterocycles. The van der Waals surface area contributed by atoms with E-state index in [-0.39, 0.29) is 0 Å². The number of aliphatic carboxylic acids is 1. The molecule has 0 amide bonds. The maximum atomic E-state index is 12.4. The van der Waals surface area contributed by atoms with Crippen LogP contribution >= 0.6 is 0 Å². The van der Waals surface area contributed by atoms with Crippen molar-refractivity contribution in [3.63, 3.8) is 0 Å². The first-order valence-corrected chi connectivity index (χ1v) is 9.29. The molecule has 2 aromatic rings. The Morgan fingerprint density at radius 1 is 1.19 bits per heavy atom. The predicted molar refractivity (Wildman–Crippen MR) is 108 cm³/mol. The fourth-order valence-electron chi connectivity index (χ4n) is 3.61. The number of hydrogen-bond acceptors (Lipinski definition) is 4.